The smallest absolute Gasteiger partial charge is 0.273 e. The molecule has 2 aliphatic heterocycles. The molecule has 1 saturated carbocycles. The maximum absolute atomic E-state index is 13.8. The standard InChI is InChI=1S/C23H26FN7O3/c1-29-8-9-30-12-19(33)20(28-22(30)23(29)6-4-17(32)5-7-23)21(34)26-11-15-2-3-16(24)10-18(15)31-14-25-13-27-31/h2-3,10,13-14,33H,4-9,11-12H2,1H3,(H,26,34). The number of Topliss-reactive ketones (excluding diaryl/α,β-unsaturated/α-hetero) is 1. The lowest BCUT2D eigenvalue weighted by Crippen LogP contribution is -2.66. The van der Waals surface area contributed by atoms with Crippen molar-refractivity contribution in [1.29, 1.82) is 0 Å². The molecule has 0 bridgehead atoms. The Hall–Kier alpha value is -3.60. The molecule has 1 aromatic heterocycles. The Balaban J connectivity index is 1.39. The van der Waals surface area contributed by atoms with Gasteiger partial charge in [-0.25, -0.2) is 19.0 Å². The van der Waals surface area contributed by atoms with Crippen molar-refractivity contribution in [1.82, 2.24) is 29.9 Å². The number of carbonyl (C=O) groups is 2. The number of hydrogen-bond donors (Lipinski definition) is 2. The van der Waals surface area contributed by atoms with Gasteiger partial charge in [-0.1, -0.05) is 6.07 Å². The van der Waals surface area contributed by atoms with Crippen LogP contribution in [0.4, 0.5) is 4.39 Å². The lowest BCUT2D eigenvalue weighted by molar-refractivity contribution is -0.122. The van der Waals surface area contributed by atoms with Crippen molar-refractivity contribution in [3.8, 4) is 5.69 Å². The highest BCUT2D eigenvalue weighted by atomic mass is 19.1. The number of piperazine rings is 1. The van der Waals surface area contributed by atoms with Gasteiger partial charge in [-0.05, 0) is 37.6 Å². The number of hydrogen-bond acceptors (Lipinski definition) is 8. The molecule has 0 unspecified atom stereocenters. The molecular weight excluding hydrogens is 441 g/mol. The number of fused-ring (bicyclic) bond motifs is 2. The second kappa shape index (κ2) is 8.64. The number of aliphatic hydroxyl groups excluding tert-OH is 1. The number of aliphatic hydroxyl groups is 1. The van der Waals surface area contributed by atoms with Gasteiger partial charge in [0.1, 0.15) is 35.8 Å². The van der Waals surface area contributed by atoms with Gasteiger partial charge >= 0.3 is 0 Å². The number of amides is 1. The van der Waals surface area contributed by atoms with E-state index in [1.807, 2.05) is 11.9 Å². The average molecular weight is 468 g/mol. The molecule has 2 fully saturated rings. The molecule has 34 heavy (non-hydrogen) atoms. The molecule has 2 aromatic rings. The molecule has 1 aromatic carbocycles. The van der Waals surface area contributed by atoms with Crippen LogP contribution in [0.15, 0.2) is 47.3 Å². The lowest BCUT2D eigenvalue weighted by atomic mass is 9.77. The molecule has 0 atom stereocenters. The molecule has 178 valence electrons. The van der Waals surface area contributed by atoms with Crippen LogP contribution in [0, 0.1) is 5.82 Å². The van der Waals surface area contributed by atoms with Crippen molar-refractivity contribution in [3.63, 3.8) is 0 Å². The summed E-state index contributed by atoms with van der Waals surface area (Å²) >= 11 is 0. The minimum Gasteiger partial charge on any atom is -0.508 e. The van der Waals surface area contributed by atoms with Crippen LogP contribution in [-0.2, 0) is 16.1 Å². The summed E-state index contributed by atoms with van der Waals surface area (Å²) in [6.07, 6.45) is 5.03. The normalized spacial score (nSPS) is 20.4. The zero-order valence-electron chi connectivity index (χ0n) is 18.9. The molecule has 5 rings (SSSR count). The number of amidine groups is 1. The monoisotopic (exact) mass is 467 g/mol. The number of ketones is 1. The first-order chi connectivity index (χ1) is 16.4. The van der Waals surface area contributed by atoms with E-state index < -0.39 is 17.3 Å². The Kier molecular flexibility index (Phi) is 5.64. The largest absolute Gasteiger partial charge is 0.508 e. The summed E-state index contributed by atoms with van der Waals surface area (Å²) in [6, 6.07) is 4.19. The topological polar surface area (TPSA) is 116 Å². The third kappa shape index (κ3) is 3.85. The molecule has 0 radical (unpaired) electrons. The van der Waals surface area contributed by atoms with Crippen molar-refractivity contribution >= 4 is 17.5 Å². The van der Waals surface area contributed by atoms with E-state index in [4.69, 9.17) is 0 Å². The van der Waals surface area contributed by atoms with E-state index in [0.29, 0.717) is 43.5 Å². The van der Waals surface area contributed by atoms with Gasteiger partial charge in [-0.2, -0.15) is 5.10 Å². The van der Waals surface area contributed by atoms with Crippen molar-refractivity contribution in [2.24, 2.45) is 4.99 Å². The van der Waals surface area contributed by atoms with E-state index in [9.17, 15) is 19.1 Å². The number of halogens is 1. The van der Waals surface area contributed by atoms with E-state index in [1.165, 1.54) is 29.5 Å². The SMILES string of the molecule is CN1CCN2CC(O)=C(C(=O)NCc3ccc(F)cc3-n3cncn3)N=C2C12CCC(=O)CC2. The number of nitrogens with zero attached hydrogens (tertiary/aromatic N) is 6. The first-order valence-electron chi connectivity index (χ1n) is 11.3. The Morgan fingerprint density at radius 3 is 2.79 bits per heavy atom. The first-order valence-corrected chi connectivity index (χ1v) is 11.3. The van der Waals surface area contributed by atoms with Crippen LogP contribution >= 0.6 is 0 Å². The Morgan fingerprint density at radius 2 is 2.06 bits per heavy atom. The predicted molar refractivity (Wildman–Crippen MR) is 121 cm³/mol. The van der Waals surface area contributed by atoms with Crippen LogP contribution in [0.2, 0.25) is 0 Å². The summed E-state index contributed by atoms with van der Waals surface area (Å²) in [4.78, 5) is 37.8. The highest BCUT2D eigenvalue weighted by molar-refractivity contribution is 6.02. The molecule has 1 spiro atoms. The highest BCUT2D eigenvalue weighted by Crippen LogP contribution is 2.38. The Labute approximate surface area is 195 Å². The molecule has 3 aliphatic rings. The zero-order chi connectivity index (χ0) is 23.9. The fourth-order valence-electron chi connectivity index (χ4n) is 5.03. The molecular formula is C23H26FN7O3. The fraction of sp³-hybridized carbons (Fsp3) is 0.435. The number of carbonyl (C=O) groups excluding carboxylic acids is 2. The van der Waals surface area contributed by atoms with Crippen molar-refractivity contribution in [3.05, 3.63) is 53.7 Å². The van der Waals surface area contributed by atoms with Gasteiger partial charge in [-0.3, -0.25) is 14.5 Å². The van der Waals surface area contributed by atoms with Crippen molar-refractivity contribution in [2.75, 3.05) is 26.7 Å². The van der Waals surface area contributed by atoms with E-state index in [1.54, 1.807) is 6.07 Å². The summed E-state index contributed by atoms with van der Waals surface area (Å²) in [5.41, 5.74) is 0.638. The minimum atomic E-state index is -0.520. The molecule has 2 N–H and O–H groups in total. The van der Waals surface area contributed by atoms with Crippen LogP contribution in [0.5, 0.6) is 0 Å². The molecule has 11 heteroatoms. The van der Waals surface area contributed by atoms with Crippen LogP contribution in [0.1, 0.15) is 31.2 Å². The Morgan fingerprint density at radius 1 is 1.26 bits per heavy atom. The maximum Gasteiger partial charge on any atom is 0.273 e. The van der Waals surface area contributed by atoms with Gasteiger partial charge in [-0.15, -0.1) is 0 Å². The zero-order valence-corrected chi connectivity index (χ0v) is 18.9. The highest BCUT2D eigenvalue weighted by Gasteiger charge is 2.49. The second-order valence-corrected chi connectivity index (χ2v) is 8.94. The van der Waals surface area contributed by atoms with Gasteiger partial charge in [0.15, 0.2) is 5.70 Å². The number of aromatic nitrogens is 3. The van der Waals surface area contributed by atoms with Gasteiger partial charge in [0.05, 0.1) is 17.8 Å². The van der Waals surface area contributed by atoms with E-state index >= 15 is 0 Å². The summed E-state index contributed by atoms with van der Waals surface area (Å²) in [5.74, 6) is -0.0669. The van der Waals surface area contributed by atoms with E-state index in [0.717, 1.165) is 12.4 Å². The predicted octanol–water partition coefficient (Wildman–Crippen LogP) is 1.33. The quantitative estimate of drug-likeness (QED) is 0.697. The van der Waals surface area contributed by atoms with Crippen LogP contribution in [0.3, 0.4) is 0 Å². The second-order valence-electron chi connectivity index (χ2n) is 8.94. The lowest BCUT2D eigenvalue weighted by Gasteiger charge is -2.53. The van der Waals surface area contributed by atoms with Gasteiger partial charge < -0.3 is 15.3 Å². The molecule has 1 saturated heterocycles. The fourth-order valence-corrected chi connectivity index (χ4v) is 5.03. The Bertz CT molecular complexity index is 1180. The minimum absolute atomic E-state index is 0.0257. The molecule has 1 amide bonds. The first kappa shape index (κ1) is 22.2. The number of rotatable bonds is 4. The summed E-state index contributed by atoms with van der Waals surface area (Å²) in [7, 11) is 2.02. The van der Waals surface area contributed by atoms with Crippen molar-refractivity contribution in [2.45, 2.75) is 37.8 Å². The summed E-state index contributed by atoms with van der Waals surface area (Å²) in [5, 5.41) is 17.5. The van der Waals surface area contributed by atoms with Crippen LogP contribution in [-0.4, -0.2) is 79.4 Å². The molecule has 1 aliphatic carbocycles. The van der Waals surface area contributed by atoms with E-state index in [-0.39, 0.29) is 30.3 Å². The van der Waals surface area contributed by atoms with Gasteiger partial charge in [0, 0.05) is 32.5 Å². The third-order valence-electron chi connectivity index (χ3n) is 6.99. The molecule has 3 heterocycles. The summed E-state index contributed by atoms with van der Waals surface area (Å²) < 4.78 is 15.3. The van der Waals surface area contributed by atoms with Gasteiger partial charge in [0.25, 0.3) is 5.91 Å². The average Bonchev–Trinajstić information content (AvgIpc) is 3.37. The number of benzene rings is 1. The van der Waals surface area contributed by atoms with Crippen LogP contribution < -0.4 is 5.32 Å². The molecule has 10 nitrogen and oxygen atoms in total. The van der Waals surface area contributed by atoms with E-state index in [2.05, 4.69) is 25.3 Å². The van der Waals surface area contributed by atoms with Crippen LogP contribution in [0.25, 0.3) is 5.69 Å². The number of likely N-dealkylation sites (N-methyl/N-ethyl adjacent to an activating group) is 1. The van der Waals surface area contributed by atoms with Gasteiger partial charge in [0.2, 0.25) is 0 Å². The summed E-state index contributed by atoms with van der Waals surface area (Å²) in [6.45, 7) is 1.75. The third-order valence-corrected chi connectivity index (χ3v) is 6.99. The maximum atomic E-state index is 13.8. The number of nitrogens with one attached hydrogen (secondary N) is 1. The number of aliphatic imine (C=N–C) groups is 1. The van der Waals surface area contributed by atoms with Crippen molar-refractivity contribution < 1.29 is 19.1 Å².